The fourth-order valence-corrected chi connectivity index (χ4v) is 3.99. The first kappa shape index (κ1) is 18.7. The van der Waals surface area contributed by atoms with Crippen LogP contribution in [0, 0.1) is 0 Å². The lowest BCUT2D eigenvalue weighted by Gasteiger charge is -2.44. The number of urea groups is 1. The highest BCUT2D eigenvalue weighted by atomic mass is 79.9. The molecule has 0 spiro atoms. The Morgan fingerprint density at radius 1 is 0.857 bits per heavy atom. The van der Waals surface area contributed by atoms with Gasteiger partial charge in [0, 0.05) is 17.6 Å². The molecular weight excluding hydrogens is 414 g/mol. The number of rotatable bonds is 5. The number of likely N-dealkylation sites (tertiary alicyclic amines) is 1. The van der Waals surface area contributed by atoms with E-state index in [0.717, 1.165) is 23.2 Å². The molecule has 0 aromatic heterocycles. The van der Waals surface area contributed by atoms with Crippen LogP contribution in [-0.2, 0) is 0 Å². The predicted octanol–water partition coefficient (Wildman–Crippen LogP) is 5.04. The van der Waals surface area contributed by atoms with E-state index in [0.29, 0.717) is 0 Å². The molecule has 142 valence electrons. The quantitative estimate of drug-likeness (QED) is 0.589. The summed E-state index contributed by atoms with van der Waals surface area (Å²) in [5.74, 6) is 0. The summed E-state index contributed by atoms with van der Waals surface area (Å²) in [5.41, 5.74) is 3.30. The summed E-state index contributed by atoms with van der Waals surface area (Å²) in [6.07, 6.45) is 0. The number of hydrogen-bond acceptors (Lipinski definition) is 2. The first-order valence-corrected chi connectivity index (χ1v) is 10.2. The molecule has 5 heteroatoms. The van der Waals surface area contributed by atoms with E-state index in [4.69, 9.17) is 0 Å². The second-order valence-electron chi connectivity index (χ2n) is 6.95. The molecule has 4 rings (SSSR count). The number of para-hydroxylation sites is 1. The van der Waals surface area contributed by atoms with Gasteiger partial charge >= 0.3 is 6.03 Å². The first-order valence-electron chi connectivity index (χ1n) is 9.37. The third-order valence-corrected chi connectivity index (χ3v) is 5.65. The highest BCUT2D eigenvalue weighted by Crippen LogP contribution is 2.32. The van der Waals surface area contributed by atoms with Gasteiger partial charge in [-0.3, -0.25) is 4.90 Å². The lowest BCUT2D eigenvalue weighted by atomic mass is 9.93. The Kier molecular flexibility index (Phi) is 5.74. The molecule has 0 aliphatic carbocycles. The van der Waals surface area contributed by atoms with Gasteiger partial charge in [-0.05, 0) is 39.2 Å². The number of amides is 2. The molecule has 2 N–H and O–H groups in total. The minimum absolute atomic E-state index is 0.136. The smallest absolute Gasteiger partial charge is 0.319 e. The van der Waals surface area contributed by atoms with Gasteiger partial charge in [0.1, 0.15) is 0 Å². The maximum absolute atomic E-state index is 12.3. The normalized spacial score (nSPS) is 14.5. The zero-order valence-electron chi connectivity index (χ0n) is 15.4. The molecule has 1 heterocycles. The Morgan fingerprint density at radius 3 is 1.96 bits per heavy atom. The fraction of sp³-hybridized carbons (Fsp3) is 0.174. The molecule has 1 fully saturated rings. The SMILES string of the molecule is O=C(Nc1ccccc1Br)NC1CN(C(c2ccccc2)c2ccccc2)C1. The van der Waals surface area contributed by atoms with E-state index in [9.17, 15) is 4.79 Å². The van der Waals surface area contributed by atoms with Crippen LogP contribution in [0.15, 0.2) is 89.4 Å². The zero-order chi connectivity index (χ0) is 19.3. The summed E-state index contributed by atoms with van der Waals surface area (Å²) in [5, 5.41) is 5.97. The first-order chi connectivity index (χ1) is 13.7. The van der Waals surface area contributed by atoms with E-state index in [-0.39, 0.29) is 18.1 Å². The van der Waals surface area contributed by atoms with Gasteiger partial charge in [0.2, 0.25) is 0 Å². The molecule has 1 saturated heterocycles. The van der Waals surface area contributed by atoms with Crippen LogP contribution in [0.1, 0.15) is 17.2 Å². The van der Waals surface area contributed by atoms with Crippen molar-refractivity contribution in [3.63, 3.8) is 0 Å². The molecule has 0 unspecified atom stereocenters. The van der Waals surface area contributed by atoms with Gasteiger partial charge in [-0.2, -0.15) is 0 Å². The molecule has 2 amide bonds. The van der Waals surface area contributed by atoms with E-state index >= 15 is 0 Å². The lowest BCUT2D eigenvalue weighted by Crippen LogP contribution is -2.60. The van der Waals surface area contributed by atoms with Gasteiger partial charge in [-0.25, -0.2) is 4.79 Å². The maximum Gasteiger partial charge on any atom is 0.319 e. The summed E-state index contributed by atoms with van der Waals surface area (Å²) in [6, 6.07) is 28.8. The van der Waals surface area contributed by atoms with E-state index in [1.807, 2.05) is 36.4 Å². The van der Waals surface area contributed by atoms with Crippen molar-refractivity contribution in [3.8, 4) is 0 Å². The molecule has 0 atom stereocenters. The van der Waals surface area contributed by atoms with Crippen molar-refractivity contribution >= 4 is 27.6 Å². The second kappa shape index (κ2) is 8.59. The van der Waals surface area contributed by atoms with Crippen molar-refractivity contribution in [1.82, 2.24) is 10.2 Å². The third-order valence-electron chi connectivity index (χ3n) is 4.96. The van der Waals surface area contributed by atoms with Crippen molar-refractivity contribution in [3.05, 3.63) is 101 Å². The minimum atomic E-state index is -0.174. The molecule has 28 heavy (non-hydrogen) atoms. The van der Waals surface area contributed by atoms with Gasteiger partial charge < -0.3 is 10.6 Å². The largest absolute Gasteiger partial charge is 0.333 e. The molecule has 3 aromatic carbocycles. The second-order valence-corrected chi connectivity index (χ2v) is 7.81. The highest BCUT2D eigenvalue weighted by Gasteiger charge is 2.34. The fourth-order valence-electron chi connectivity index (χ4n) is 3.61. The van der Waals surface area contributed by atoms with Gasteiger partial charge in [-0.1, -0.05) is 72.8 Å². The van der Waals surface area contributed by atoms with Crippen LogP contribution in [0.25, 0.3) is 0 Å². The number of carbonyl (C=O) groups is 1. The third kappa shape index (κ3) is 4.26. The van der Waals surface area contributed by atoms with Crippen molar-refractivity contribution in [1.29, 1.82) is 0 Å². The van der Waals surface area contributed by atoms with Crippen LogP contribution in [0.3, 0.4) is 0 Å². The Hall–Kier alpha value is -2.63. The highest BCUT2D eigenvalue weighted by molar-refractivity contribution is 9.10. The summed E-state index contributed by atoms with van der Waals surface area (Å²) in [6.45, 7) is 1.63. The van der Waals surface area contributed by atoms with Crippen LogP contribution in [0.4, 0.5) is 10.5 Å². The van der Waals surface area contributed by atoms with Gasteiger partial charge in [0.25, 0.3) is 0 Å². The van der Waals surface area contributed by atoms with Gasteiger partial charge in [0.15, 0.2) is 0 Å². The van der Waals surface area contributed by atoms with Gasteiger partial charge in [0.05, 0.1) is 17.8 Å². The van der Waals surface area contributed by atoms with E-state index in [2.05, 4.69) is 80.0 Å². The minimum Gasteiger partial charge on any atom is -0.333 e. The van der Waals surface area contributed by atoms with E-state index < -0.39 is 0 Å². The van der Waals surface area contributed by atoms with Crippen molar-refractivity contribution in [2.75, 3.05) is 18.4 Å². The predicted molar refractivity (Wildman–Crippen MR) is 116 cm³/mol. The molecule has 4 nitrogen and oxygen atoms in total. The number of nitrogens with one attached hydrogen (secondary N) is 2. The molecule has 1 aliphatic rings. The summed E-state index contributed by atoms with van der Waals surface area (Å²) in [4.78, 5) is 14.7. The summed E-state index contributed by atoms with van der Waals surface area (Å²) < 4.78 is 0.869. The van der Waals surface area contributed by atoms with Crippen molar-refractivity contribution in [2.24, 2.45) is 0 Å². The zero-order valence-corrected chi connectivity index (χ0v) is 17.0. The van der Waals surface area contributed by atoms with E-state index in [1.54, 1.807) is 0 Å². The topological polar surface area (TPSA) is 44.4 Å². The van der Waals surface area contributed by atoms with Crippen molar-refractivity contribution < 1.29 is 4.79 Å². The lowest BCUT2D eigenvalue weighted by molar-refractivity contribution is 0.0986. The van der Waals surface area contributed by atoms with Crippen LogP contribution < -0.4 is 10.6 Å². The average molecular weight is 436 g/mol. The van der Waals surface area contributed by atoms with Crippen molar-refractivity contribution in [2.45, 2.75) is 12.1 Å². The number of halogens is 1. The molecule has 0 radical (unpaired) electrons. The molecule has 1 aliphatic heterocycles. The number of benzene rings is 3. The molecule has 0 bridgehead atoms. The molecule has 0 saturated carbocycles. The van der Waals surface area contributed by atoms with Crippen LogP contribution in [0.2, 0.25) is 0 Å². The summed E-state index contributed by atoms with van der Waals surface area (Å²) in [7, 11) is 0. The van der Waals surface area contributed by atoms with E-state index in [1.165, 1.54) is 11.1 Å². The molecular formula is C23H22BrN3O. The van der Waals surface area contributed by atoms with Crippen LogP contribution >= 0.6 is 15.9 Å². The average Bonchev–Trinajstić information content (AvgIpc) is 2.70. The van der Waals surface area contributed by atoms with Crippen LogP contribution in [0.5, 0.6) is 0 Å². The number of anilines is 1. The van der Waals surface area contributed by atoms with Gasteiger partial charge in [-0.15, -0.1) is 0 Å². The Morgan fingerprint density at radius 2 is 1.39 bits per heavy atom. The maximum atomic E-state index is 12.3. The number of hydrogen-bond donors (Lipinski definition) is 2. The molecule has 3 aromatic rings. The summed E-state index contributed by atoms with van der Waals surface area (Å²) >= 11 is 3.45. The monoisotopic (exact) mass is 435 g/mol. The Labute approximate surface area is 173 Å². The van der Waals surface area contributed by atoms with Crippen LogP contribution in [-0.4, -0.2) is 30.1 Å². The Balaban J connectivity index is 1.40. The number of nitrogens with zero attached hydrogens (tertiary/aromatic N) is 1. The number of carbonyl (C=O) groups excluding carboxylic acids is 1. The Bertz CT molecular complexity index is 887. The standard InChI is InChI=1S/C23H22BrN3O/c24-20-13-7-8-14-21(20)26-23(28)25-19-15-27(16-19)22(17-9-3-1-4-10-17)18-11-5-2-6-12-18/h1-14,19,22H,15-16H2,(H2,25,26,28).